The third-order valence-corrected chi connectivity index (χ3v) is 9.50. The van der Waals surface area contributed by atoms with Gasteiger partial charge in [-0.05, 0) is 54.1 Å². The van der Waals surface area contributed by atoms with Gasteiger partial charge in [-0.1, -0.05) is 30.0 Å². The zero-order valence-electron chi connectivity index (χ0n) is 22.2. The van der Waals surface area contributed by atoms with Crippen molar-refractivity contribution in [2.75, 3.05) is 38.8 Å². The fourth-order valence-corrected chi connectivity index (χ4v) is 6.77. The van der Waals surface area contributed by atoms with Crippen molar-refractivity contribution in [1.29, 1.82) is 0 Å². The largest absolute Gasteiger partial charge is 0.454 e. The number of ether oxygens (including phenoxy) is 3. The lowest BCUT2D eigenvalue weighted by Crippen LogP contribution is -2.40. The molecule has 2 aliphatic rings. The average Bonchev–Trinajstić information content (AvgIpc) is 3.67. The van der Waals surface area contributed by atoms with Gasteiger partial charge in [0.1, 0.15) is 5.82 Å². The summed E-state index contributed by atoms with van der Waals surface area (Å²) in [6.07, 6.45) is 0. The van der Waals surface area contributed by atoms with Gasteiger partial charge in [0.25, 0.3) is 0 Å². The van der Waals surface area contributed by atoms with Crippen LogP contribution in [0.1, 0.15) is 5.56 Å². The van der Waals surface area contributed by atoms with Crippen LogP contribution in [-0.4, -0.2) is 72.2 Å². The Labute approximate surface area is 245 Å². The first-order chi connectivity index (χ1) is 20.4. The van der Waals surface area contributed by atoms with E-state index in [1.54, 1.807) is 41.0 Å². The van der Waals surface area contributed by atoms with Gasteiger partial charge in [0, 0.05) is 30.9 Å². The number of aromatic nitrogens is 3. The van der Waals surface area contributed by atoms with Crippen LogP contribution in [0.2, 0.25) is 0 Å². The number of amides is 1. The Hall–Kier alpha value is -3.98. The summed E-state index contributed by atoms with van der Waals surface area (Å²) in [6.45, 7) is 1.69. The molecule has 2 aliphatic heterocycles. The van der Waals surface area contributed by atoms with Crippen molar-refractivity contribution in [2.45, 2.75) is 16.6 Å². The standard InChI is InChI=1S/C28H26FN5O6S2/c29-21-5-7-22(8-6-21)34-27(20-2-1-3-23(15-20)42(36,37)33-10-12-38-13-11-33)31-32-28(34)41-17-26(35)30-16-19-4-9-24-25(14-19)40-18-39-24/h1-9,14-15H,10-13,16-18H2,(H,30,35). The van der Waals surface area contributed by atoms with E-state index in [4.69, 9.17) is 14.2 Å². The first-order valence-corrected chi connectivity index (χ1v) is 15.5. The maximum atomic E-state index is 13.8. The number of hydrogen-bond donors (Lipinski definition) is 1. The van der Waals surface area contributed by atoms with E-state index in [1.807, 2.05) is 12.1 Å². The zero-order valence-corrected chi connectivity index (χ0v) is 23.9. The Morgan fingerprint density at radius 2 is 1.76 bits per heavy atom. The highest BCUT2D eigenvalue weighted by Gasteiger charge is 2.27. The van der Waals surface area contributed by atoms with Crippen molar-refractivity contribution < 1.29 is 31.8 Å². The van der Waals surface area contributed by atoms with Crippen LogP contribution in [-0.2, 0) is 26.1 Å². The van der Waals surface area contributed by atoms with E-state index in [2.05, 4.69) is 15.5 Å². The summed E-state index contributed by atoms with van der Waals surface area (Å²) in [5.41, 5.74) is 1.92. The van der Waals surface area contributed by atoms with E-state index in [0.29, 0.717) is 53.5 Å². The van der Waals surface area contributed by atoms with Crippen LogP contribution < -0.4 is 14.8 Å². The van der Waals surface area contributed by atoms with Crippen LogP contribution >= 0.6 is 11.8 Å². The van der Waals surface area contributed by atoms with Gasteiger partial charge in [0.2, 0.25) is 22.7 Å². The van der Waals surface area contributed by atoms with Crippen LogP contribution in [0.4, 0.5) is 4.39 Å². The quantitative estimate of drug-likeness (QED) is 0.284. The molecule has 0 spiro atoms. The molecule has 218 valence electrons. The van der Waals surface area contributed by atoms with E-state index in [0.717, 1.165) is 17.3 Å². The molecular weight excluding hydrogens is 585 g/mol. The smallest absolute Gasteiger partial charge is 0.243 e. The first kappa shape index (κ1) is 28.2. The number of fused-ring (bicyclic) bond motifs is 1. The van der Waals surface area contributed by atoms with Gasteiger partial charge in [-0.3, -0.25) is 9.36 Å². The second-order valence-corrected chi connectivity index (χ2v) is 12.3. The molecule has 1 aromatic heterocycles. The van der Waals surface area contributed by atoms with Crippen molar-refractivity contribution >= 4 is 27.7 Å². The molecule has 0 aliphatic carbocycles. The van der Waals surface area contributed by atoms with Crippen molar-refractivity contribution in [3.63, 3.8) is 0 Å². The Bertz CT molecular complexity index is 1710. The SMILES string of the molecule is O=C(CSc1nnc(-c2cccc(S(=O)(=O)N3CCOCC3)c2)n1-c1ccc(F)cc1)NCc1ccc2c(c1)OCO2. The summed E-state index contributed by atoms with van der Waals surface area (Å²) >= 11 is 1.16. The number of nitrogens with zero attached hydrogens (tertiary/aromatic N) is 4. The van der Waals surface area contributed by atoms with Crippen molar-refractivity contribution in [3.8, 4) is 28.6 Å². The summed E-state index contributed by atoms with van der Waals surface area (Å²) in [6, 6.07) is 17.7. The number of nitrogens with one attached hydrogen (secondary N) is 1. The molecule has 11 nitrogen and oxygen atoms in total. The van der Waals surface area contributed by atoms with Crippen LogP contribution in [0.15, 0.2) is 76.8 Å². The molecule has 42 heavy (non-hydrogen) atoms. The van der Waals surface area contributed by atoms with Gasteiger partial charge in [-0.15, -0.1) is 10.2 Å². The number of morpholine rings is 1. The predicted molar refractivity (Wildman–Crippen MR) is 151 cm³/mol. The molecular formula is C28H26FN5O6S2. The second-order valence-electron chi connectivity index (χ2n) is 9.42. The minimum Gasteiger partial charge on any atom is -0.454 e. The number of thioether (sulfide) groups is 1. The number of benzene rings is 3. The molecule has 1 N–H and O–H groups in total. The number of hydrogen-bond acceptors (Lipinski definition) is 9. The lowest BCUT2D eigenvalue weighted by Gasteiger charge is -2.26. The molecule has 0 unspecified atom stereocenters. The number of sulfonamides is 1. The average molecular weight is 612 g/mol. The zero-order chi connectivity index (χ0) is 29.1. The van der Waals surface area contributed by atoms with Crippen LogP contribution in [0.5, 0.6) is 11.5 Å². The van der Waals surface area contributed by atoms with Gasteiger partial charge < -0.3 is 19.5 Å². The van der Waals surface area contributed by atoms with Crippen molar-refractivity contribution in [1.82, 2.24) is 24.4 Å². The molecule has 1 saturated heterocycles. The third-order valence-electron chi connectivity index (χ3n) is 6.68. The van der Waals surface area contributed by atoms with Crippen LogP contribution in [0.25, 0.3) is 17.1 Å². The van der Waals surface area contributed by atoms with Crippen molar-refractivity contribution in [2.24, 2.45) is 0 Å². The minimum atomic E-state index is -3.75. The predicted octanol–water partition coefficient (Wildman–Crippen LogP) is 3.23. The number of halogens is 1. The number of carbonyl (C=O) groups is 1. The fraction of sp³-hybridized carbons (Fsp3) is 0.250. The van der Waals surface area contributed by atoms with Gasteiger partial charge >= 0.3 is 0 Å². The second kappa shape index (κ2) is 12.1. The van der Waals surface area contributed by atoms with E-state index in [1.165, 1.54) is 22.5 Å². The maximum Gasteiger partial charge on any atom is 0.243 e. The molecule has 14 heteroatoms. The fourth-order valence-electron chi connectivity index (χ4n) is 4.54. The van der Waals surface area contributed by atoms with Gasteiger partial charge in [-0.25, -0.2) is 12.8 Å². The maximum absolute atomic E-state index is 13.8. The van der Waals surface area contributed by atoms with Gasteiger partial charge in [0.05, 0.1) is 23.9 Å². The molecule has 4 aromatic rings. The Balaban J connectivity index is 1.23. The Morgan fingerprint density at radius 3 is 2.57 bits per heavy atom. The first-order valence-electron chi connectivity index (χ1n) is 13.1. The van der Waals surface area contributed by atoms with Crippen LogP contribution in [0.3, 0.4) is 0 Å². The molecule has 1 amide bonds. The highest BCUT2D eigenvalue weighted by molar-refractivity contribution is 7.99. The molecule has 3 aromatic carbocycles. The molecule has 0 atom stereocenters. The van der Waals surface area contributed by atoms with E-state index in [-0.39, 0.29) is 36.4 Å². The Morgan fingerprint density at radius 1 is 0.976 bits per heavy atom. The van der Waals surface area contributed by atoms with E-state index in [9.17, 15) is 17.6 Å². The molecule has 1 fully saturated rings. The molecule has 0 bridgehead atoms. The summed E-state index contributed by atoms with van der Waals surface area (Å²) in [4.78, 5) is 12.8. The minimum absolute atomic E-state index is 0.0370. The molecule has 3 heterocycles. The molecule has 0 radical (unpaired) electrons. The number of rotatable bonds is 9. The Kier molecular flexibility index (Phi) is 8.11. The summed E-state index contributed by atoms with van der Waals surface area (Å²) in [7, 11) is -3.75. The van der Waals surface area contributed by atoms with E-state index >= 15 is 0 Å². The third kappa shape index (κ3) is 5.97. The molecule has 0 saturated carbocycles. The number of carbonyl (C=O) groups excluding carboxylic acids is 1. The van der Waals surface area contributed by atoms with Crippen molar-refractivity contribution in [3.05, 3.63) is 78.1 Å². The lowest BCUT2D eigenvalue weighted by atomic mass is 10.2. The van der Waals surface area contributed by atoms with Gasteiger partial charge in [0.15, 0.2) is 22.5 Å². The molecule has 6 rings (SSSR count). The summed E-state index contributed by atoms with van der Waals surface area (Å²) < 4.78 is 59.4. The lowest BCUT2D eigenvalue weighted by molar-refractivity contribution is -0.118. The van der Waals surface area contributed by atoms with Crippen LogP contribution in [0, 0.1) is 5.82 Å². The van der Waals surface area contributed by atoms with E-state index < -0.39 is 15.8 Å². The highest BCUT2D eigenvalue weighted by atomic mass is 32.2. The summed E-state index contributed by atoms with van der Waals surface area (Å²) in [5, 5.41) is 11.9. The topological polar surface area (TPSA) is 125 Å². The van der Waals surface area contributed by atoms with Gasteiger partial charge in [-0.2, -0.15) is 4.31 Å². The summed E-state index contributed by atoms with van der Waals surface area (Å²) in [5.74, 6) is 1.05. The normalized spacial score (nSPS) is 15.1. The monoisotopic (exact) mass is 611 g/mol. The highest BCUT2D eigenvalue weighted by Crippen LogP contribution is 2.33.